The second-order valence-electron chi connectivity index (χ2n) is 6.17. The molecule has 1 atom stereocenters. The van der Waals surface area contributed by atoms with Crippen LogP contribution in [0.3, 0.4) is 0 Å². The molecule has 0 aliphatic carbocycles. The molecule has 0 spiro atoms. The van der Waals surface area contributed by atoms with Crippen molar-refractivity contribution < 1.29 is 9.59 Å². The maximum atomic E-state index is 12.5. The van der Waals surface area contributed by atoms with E-state index >= 15 is 0 Å². The number of aryl methyl sites for hydroxylation is 1. The van der Waals surface area contributed by atoms with E-state index in [9.17, 15) is 9.59 Å². The number of carbonyl (C=O) groups excluding carboxylic acids is 2. The smallest absolute Gasteiger partial charge is 0.253 e. The molecule has 2 aromatic carbocycles. The number of amides is 2. The Kier molecular flexibility index (Phi) is 9.22. The van der Waals surface area contributed by atoms with Gasteiger partial charge in [-0.2, -0.15) is 11.8 Å². The molecule has 0 saturated carbocycles. The molecule has 0 saturated heterocycles. The summed E-state index contributed by atoms with van der Waals surface area (Å²) in [6, 6.07) is 16.4. The number of benzene rings is 2. The Labute approximate surface area is 170 Å². The Morgan fingerprint density at radius 3 is 2.48 bits per heavy atom. The zero-order chi connectivity index (χ0) is 19.5. The molecule has 4 nitrogen and oxygen atoms in total. The van der Waals surface area contributed by atoms with Gasteiger partial charge in [0, 0.05) is 6.54 Å². The molecule has 2 aromatic rings. The van der Waals surface area contributed by atoms with E-state index in [0.717, 1.165) is 18.6 Å². The minimum Gasteiger partial charge on any atom is -0.354 e. The Morgan fingerprint density at radius 1 is 1.07 bits per heavy atom. The predicted molar refractivity (Wildman–Crippen MR) is 113 cm³/mol. The van der Waals surface area contributed by atoms with Crippen molar-refractivity contribution in [1.29, 1.82) is 0 Å². The first kappa shape index (κ1) is 21.3. The number of nitrogens with one attached hydrogen (secondary N) is 2. The average molecular weight is 405 g/mol. The fourth-order valence-electron chi connectivity index (χ4n) is 2.66. The Hall–Kier alpha value is -1.98. The molecular formula is C21H25ClN2O2S. The minimum atomic E-state index is -0.571. The van der Waals surface area contributed by atoms with Crippen LogP contribution >= 0.6 is 23.4 Å². The molecule has 0 fully saturated rings. The van der Waals surface area contributed by atoms with Crippen molar-refractivity contribution in [3.63, 3.8) is 0 Å². The molecule has 2 amide bonds. The van der Waals surface area contributed by atoms with Gasteiger partial charge in [-0.1, -0.05) is 54.1 Å². The third-order valence-electron chi connectivity index (χ3n) is 4.14. The molecule has 27 heavy (non-hydrogen) atoms. The lowest BCUT2D eigenvalue weighted by Gasteiger charge is -2.18. The summed E-state index contributed by atoms with van der Waals surface area (Å²) in [4.78, 5) is 25.0. The summed E-state index contributed by atoms with van der Waals surface area (Å²) in [7, 11) is 0. The van der Waals surface area contributed by atoms with Gasteiger partial charge in [-0.15, -0.1) is 0 Å². The van der Waals surface area contributed by atoms with Gasteiger partial charge in [0.15, 0.2) is 0 Å². The van der Waals surface area contributed by atoms with Gasteiger partial charge < -0.3 is 10.6 Å². The van der Waals surface area contributed by atoms with Crippen molar-refractivity contribution in [3.05, 3.63) is 70.7 Å². The number of rotatable bonds is 10. The zero-order valence-corrected chi connectivity index (χ0v) is 17.0. The van der Waals surface area contributed by atoms with Crippen LogP contribution in [-0.4, -0.2) is 36.4 Å². The van der Waals surface area contributed by atoms with Gasteiger partial charge in [0.2, 0.25) is 5.91 Å². The Morgan fingerprint density at radius 2 is 1.78 bits per heavy atom. The van der Waals surface area contributed by atoms with Crippen molar-refractivity contribution >= 4 is 35.2 Å². The van der Waals surface area contributed by atoms with Crippen LogP contribution in [0, 0.1) is 0 Å². The minimum absolute atomic E-state index is 0.155. The molecule has 0 aliphatic heterocycles. The number of carbonyl (C=O) groups is 2. The van der Waals surface area contributed by atoms with E-state index in [1.807, 2.05) is 24.5 Å². The van der Waals surface area contributed by atoms with E-state index in [4.69, 9.17) is 11.6 Å². The average Bonchev–Trinajstić information content (AvgIpc) is 2.69. The SMILES string of the molecule is CSCCC(NC(=O)c1ccccc1Cl)C(=O)NCCCc1ccccc1. The van der Waals surface area contributed by atoms with Gasteiger partial charge in [-0.05, 0) is 49.0 Å². The largest absolute Gasteiger partial charge is 0.354 e. The summed E-state index contributed by atoms with van der Waals surface area (Å²) in [5.74, 6) is 0.300. The highest BCUT2D eigenvalue weighted by Crippen LogP contribution is 2.15. The van der Waals surface area contributed by atoms with Crippen LogP contribution in [0.4, 0.5) is 0 Å². The molecule has 1 unspecified atom stereocenters. The first-order valence-corrected chi connectivity index (χ1v) is 10.7. The van der Waals surface area contributed by atoms with Crippen molar-refractivity contribution in [3.8, 4) is 0 Å². The van der Waals surface area contributed by atoms with Crippen LogP contribution in [0.5, 0.6) is 0 Å². The summed E-state index contributed by atoms with van der Waals surface area (Å²) >= 11 is 7.72. The summed E-state index contributed by atoms with van der Waals surface area (Å²) < 4.78 is 0. The monoisotopic (exact) mass is 404 g/mol. The number of thioether (sulfide) groups is 1. The van der Waals surface area contributed by atoms with Crippen LogP contribution in [-0.2, 0) is 11.2 Å². The maximum Gasteiger partial charge on any atom is 0.253 e. The fourth-order valence-corrected chi connectivity index (χ4v) is 3.35. The standard InChI is InChI=1S/C21H25ClN2O2S/c1-27-15-13-19(24-20(25)17-11-5-6-12-18(17)22)21(26)23-14-7-10-16-8-3-2-4-9-16/h2-6,8-9,11-12,19H,7,10,13-15H2,1H3,(H,23,26)(H,24,25). The van der Waals surface area contributed by atoms with Gasteiger partial charge in [-0.3, -0.25) is 9.59 Å². The lowest BCUT2D eigenvalue weighted by Crippen LogP contribution is -2.47. The van der Waals surface area contributed by atoms with Gasteiger partial charge in [0.1, 0.15) is 6.04 Å². The van der Waals surface area contributed by atoms with E-state index in [1.54, 1.807) is 36.0 Å². The molecular weight excluding hydrogens is 380 g/mol. The molecule has 0 heterocycles. The van der Waals surface area contributed by atoms with E-state index in [-0.39, 0.29) is 11.8 Å². The summed E-state index contributed by atoms with van der Waals surface area (Å²) in [6.45, 7) is 0.575. The normalized spacial score (nSPS) is 11.6. The number of hydrogen-bond donors (Lipinski definition) is 2. The molecule has 0 bridgehead atoms. The van der Waals surface area contributed by atoms with Crippen LogP contribution in [0.25, 0.3) is 0 Å². The van der Waals surface area contributed by atoms with Crippen molar-refractivity contribution in [2.45, 2.75) is 25.3 Å². The molecule has 0 aromatic heterocycles. The highest BCUT2D eigenvalue weighted by atomic mass is 35.5. The van der Waals surface area contributed by atoms with Crippen LogP contribution < -0.4 is 10.6 Å². The molecule has 2 N–H and O–H groups in total. The maximum absolute atomic E-state index is 12.5. The van der Waals surface area contributed by atoms with E-state index in [1.165, 1.54) is 5.56 Å². The van der Waals surface area contributed by atoms with Crippen LogP contribution in [0.2, 0.25) is 5.02 Å². The first-order chi connectivity index (χ1) is 13.1. The summed E-state index contributed by atoms with van der Waals surface area (Å²) in [5, 5.41) is 6.13. The van der Waals surface area contributed by atoms with Gasteiger partial charge in [0.05, 0.1) is 10.6 Å². The lowest BCUT2D eigenvalue weighted by atomic mass is 10.1. The summed E-state index contributed by atoms with van der Waals surface area (Å²) in [6.07, 6.45) is 4.30. The second kappa shape index (κ2) is 11.7. The van der Waals surface area contributed by atoms with E-state index in [2.05, 4.69) is 22.8 Å². The highest BCUT2D eigenvalue weighted by molar-refractivity contribution is 7.98. The number of hydrogen-bond acceptors (Lipinski definition) is 3. The molecule has 2 rings (SSSR count). The molecule has 6 heteroatoms. The zero-order valence-electron chi connectivity index (χ0n) is 15.4. The second-order valence-corrected chi connectivity index (χ2v) is 7.56. The highest BCUT2D eigenvalue weighted by Gasteiger charge is 2.21. The van der Waals surface area contributed by atoms with E-state index < -0.39 is 6.04 Å². The molecule has 144 valence electrons. The van der Waals surface area contributed by atoms with Crippen LogP contribution in [0.1, 0.15) is 28.8 Å². The fraction of sp³-hybridized carbons (Fsp3) is 0.333. The molecule has 0 aliphatic rings. The first-order valence-electron chi connectivity index (χ1n) is 8.97. The Bertz CT molecular complexity index is 740. The quantitative estimate of drug-likeness (QED) is 0.589. The third-order valence-corrected chi connectivity index (χ3v) is 5.11. The summed E-state index contributed by atoms with van der Waals surface area (Å²) in [5.41, 5.74) is 1.63. The van der Waals surface area contributed by atoms with Crippen molar-refractivity contribution in [2.24, 2.45) is 0 Å². The lowest BCUT2D eigenvalue weighted by molar-refractivity contribution is -0.123. The molecule has 0 radical (unpaired) electrons. The number of halogens is 1. The van der Waals surface area contributed by atoms with Gasteiger partial charge in [0.25, 0.3) is 5.91 Å². The topological polar surface area (TPSA) is 58.2 Å². The Balaban J connectivity index is 1.87. The van der Waals surface area contributed by atoms with Crippen molar-refractivity contribution in [2.75, 3.05) is 18.6 Å². The van der Waals surface area contributed by atoms with Gasteiger partial charge in [-0.25, -0.2) is 0 Å². The van der Waals surface area contributed by atoms with Gasteiger partial charge >= 0.3 is 0 Å². The van der Waals surface area contributed by atoms with Crippen LogP contribution in [0.15, 0.2) is 54.6 Å². The predicted octanol–water partition coefficient (Wildman–Crippen LogP) is 3.94. The third kappa shape index (κ3) is 7.27. The van der Waals surface area contributed by atoms with Crippen molar-refractivity contribution in [1.82, 2.24) is 10.6 Å². The van der Waals surface area contributed by atoms with E-state index in [0.29, 0.717) is 23.6 Å².